The van der Waals surface area contributed by atoms with Gasteiger partial charge in [-0.05, 0) is 61.1 Å². The lowest BCUT2D eigenvalue weighted by Crippen LogP contribution is -2.56. The number of benzene rings is 1. The summed E-state index contributed by atoms with van der Waals surface area (Å²) in [4.78, 5) is 0. The van der Waals surface area contributed by atoms with E-state index in [4.69, 9.17) is 0 Å². The van der Waals surface area contributed by atoms with Gasteiger partial charge in [0.15, 0.2) is 0 Å². The zero-order valence-corrected chi connectivity index (χ0v) is 12.4. The quantitative estimate of drug-likeness (QED) is 0.855. The van der Waals surface area contributed by atoms with Gasteiger partial charge in [0.05, 0.1) is 0 Å². The molecule has 0 radical (unpaired) electrons. The highest BCUT2D eigenvalue weighted by atomic mass is 15.0. The van der Waals surface area contributed by atoms with Gasteiger partial charge in [0.2, 0.25) is 0 Å². The molecular weight excluding hydrogens is 230 g/mol. The molecule has 19 heavy (non-hydrogen) atoms. The first-order valence-electron chi connectivity index (χ1n) is 8.18. The highest BCUT2D eigenvalue weighted by molar-refractivity contribution is 5.36. The fourth-order valence-electron chi connectivity index (χ4n) is 4.49. The summed E-state index contributed by atoms with van der Waals surface area (Å²) in [6.45, 7) is 5.83. The van der Waals surface area contributed by atoms with E-state index in [1.54, 1.807) is 11.1 Å². The van der Waals surface area contributed by atoms with Crippen LogP contribution in [0, 0.1) is 11.8 Å². The van der Waals surface area contributed by atoms with Gasteiger partial charge in [0.25, 0.3) is 0 Å². The average Bonchev–Trinajstić information content (AvgIpc) is 2.58. The van der Waals surface area contributed by atoms with Crippen LogP contribution in [-0.4, -0.2) is 12.6 Å². The van der Waals surface area contributed by atoms with Gasteiger partial charge in [-0.15, -0.1) is 0 Å². The largest absolute Gasteiger partial charge is 0.313 e. The number of hydrogen-bond acceptors (Lipinski definition) is 1. The molecule has 0 bridgehead atoms. The second-order valence-corrected chi connectivity index (χ2v) is 6.33. The summed E-state index contributed by atoms with van der Waals surface area (Å²) in [5, 5.41) is 3.83. The van der Waals surface area contributed by atoms with Gasteiger partial charge >= 0.3 is 0 Å². The SMILES string of the molecule is CCCNC1C(CC)C2c3ccccc3CCCC12. The number of nitrogens with one attached hydrogen (secondary N) is 1. The monoisotopic (exact) mass is 257 g/mol. The maximum absolute atomic E-state index is 3.83. The van der Waals surface area contributed by atoms with E-state index in [0.29, 0.717) is 0 Å². The van der Waals surface area contributed by atoms with Gasteiger partial charge in [-0.1, -0.05) is 44.5 Å². The van der Waals surface area contributed by atoms with Crippen molar-refractivity contribution in [1.82, 2.24) is 5.32 Å². The molecule has 0 heterocycles. The Hall–Kier alpha value is -0.820. The number of rotatable bonds is 4. The van der Waals surface area contributed by atoms with E-state index in [-0.39, 0.29) is 0 Å². The maximum atomic E-state index is 3.83. The molecule has 104 valence electrons. The molecule has 1 nitrogen and oxygen atoms in total. The third-order valence-electron chi connectivity index (χ3n) is 5.34. The van der Waals surface area contributed by atoms with Crippen LogP contribution in [0.3, 0.4) is 0 Å². The van der Waals surface area contributed by atoms with Crippen LogP contribution in [0.1, 0.15) is 56.6 Å². The molecule has 1 N–H and O–H groups in total. The van der Waals surface area contributed by atoms with Crippen LogP contribution in [0.2, 0.25) is 0 Å². The van der Waals surface area contributed by atoms with Crippen molar-refractivity contribution in [3.8, 4) is 0 Å². The molecule has 0 amide bonds. The summed E-state index contributed by atoms with van der Waals surface area (Å²) in [6, 6.07) is 9.99. The molecule has 1 heteroatoms. The molecule has 2 aliphatic carbocycles. The van der Waals surface area contributed by atoms with Gasteiger partial charge in [-0.2, -0.15) is 0 Å². The molecule has 3 rings (SSSR count). The lowest BCUT2D eigenvalue weighted by molar-refractivity contribution is 0.0601. The number of fused-ring (bicyclic) bond motifs is 3. The van der Waals surface area contributed by atoms with Crippen molar-refractivity contribution in [3.05, 3.63) is 35.4 Å². The smallest absolute Gasteiger partial charge is 0.0135 e. The van der Waals surface area contributed by atoms with Gasteiger partial charge < -0.3 is 5.32 Å². The summed E-state index contributed by atoms with van der Waals surface area (Å²) >= 11 is 0. The fourth-order valence-corrected chi connectivity index (χ4v) is 4.49. The van der Waals surface area contributed by atoms with Crippen molar-refractivity contribution < 1.29 is 0 Å². The van der Waals surface area contributed by atoms with Gasteiger partial charge in [-0.3, -0.25) is 0 Å². The Labute approximate surface area is 117 Å². The Bertz CT molecular complexity index is 425. The molecule has 4 atom stereocenters. The van der Waals surface area contributed by atoms with Gasteiger partial charge in [0.1, 0.15) is 0 Å². The van der Waals surface area contributed by atoms with E-state index < -0.39 is 0 Å². The van der Waals surface area contributed by atoms with Crippen molar-refractivity contribution in [2.75, 3.05) is 6.54 Å². The van der Waals surface area contributed by atoms with Gasteiger partial charge in [0, 0.05) is 6.04 Å². The maximum Gasteiger partial charge on any atom is 0.0135 e. The summed E-state index contributed by atoms with van der Waals surface area (Å²) < 4.78 is 0. The van der Waals surface area contributed by atoms with Crippen LogP contribution in [0.25, 0.3) is 0 Å². The second-order valence-electron chi connectivity index (χ2n) is 6.33. The zero-order chi connectivity index (χ0) is 13.2. The van der Waals surface area contributed by atoms with E-state index in [2.05, 4.69) is 43.4 Å². The average molecular weight is 257 g/mol. The van der Waals surface area contributed by atoms with Crippen LogP contribution in [0.15, 0.2) is 24.3 Å². The minimum atomic E-state index is 0.779. The standard InChI is InChI=1S/C18H27N/c1-3-12-19-18-14(4-2)17-15-10-6-5-8-13(15)9-7-11-16(17)18/h5-6,8,10,14,16-19H,3-4,7,9,11-12H2,1-2H3. The first-order chi connectivity index (χ1) is 9.36. The van der Waals surface area contributed by atoms with E-state index in [1.165, 1.54) is 38.6 Å². The highest BCUT2D eigenvalue weighted by Crippen LogP contribution is 2.53. The first-order valence-corrected chi connectivity index (χ1v) is 8.18. The molecule has 4 unspecified atom stereocenters. The van der Waals surface area contributed by atoms with Crippen molar-refractivity contribution in [3.63, 3.8) is 0 Å². The minimum Gasteiger partial charge on any atom is -0.313 e. The molecule has 0 aliphatic heterocycles. The zero-order valence-electron chi connectivity index (χ0n) is 12.4. The fraction of sp³-hybridized carbons (Fsp3) is 0.667. The molecule has 1 aromatic carbocycles. The lowest BCUT2D eigenvalue weighted by atomic mass is 9.56. The molecule has 1 aromatic rings. The van der Waals surface area contributed by atoms with E-state index in [1.807, 2.05) is 0 Å². The Morgan fingerprint density at radius 1 is 1.21 bits per heavy atom. The number of hydrogen-bond donors (Lipinski definition) is 1. The Morgan fingerprint density at radius 3 is 2.84 bits per heavy atom. The van der Waals surface area contributed by atoms with Crippen LogP contribution in [-0.2, 0) is 6.42 Å². The third kappa shape index (κ3) is 2.23. The molecule has 0 aromatic heterocycles. The van der Waals surface area contributed by atoms with Crippen molar-refractivity contribution in [2.45, 2.75) is 57.9 Å². The summed E-state index contributed by atoms with van der Waals surface area (Å²) in [5.41, 5.74) is 3.30. The predicted molar refractivity (Wildman–Crippen MR) is 81.5 cm³/mol. The molecule has 0 spiro atoms. The Balaban J connectivity index is 1.85. The Morgan fingerprint density at radius 2 is 2.05 bits per heavy atom. The first kappa shape index (κ1) is 13.2. The molecule has 2 aliphatic rings. The van der Waals surface area contributed by atoms with E-state index in [0.717, 1.165) is 23.8 Å². The van der Waals surface area contributed by atoms with Crippen LogP contribution in [0.4, 0.5) is 0 Å². The van der Waals surface area contributed by atoms with E-state index in [9.17, 15) is 0 Å². The second kappa shape index (κ2) is 5.66. The minimum absolute atomic E-state index is 0.779. The van der Waals surface area contributed by atoms with Crippen molar-refractivity contribution >= 4 is 0 Å². The van der Waals surface area contributed by atoms with E-state index >= 15 is 0 Å². The highest BCUT2D eigenvalue weighted by Gasteiger charge is 2.50. The summed E-state index contributed by atoms with van der Waals surface area (Å²) in [7, 11) is 0. The van der Waals surface area contributed by atoms with Gasteiger partial charge in [-0.25, -0.2) is 0 Å². The molecule has 1 fully saturated rings. The molecular formula is C18H27N. The molecule has 1 saturated carbocycles. The normalized spacial score (nSPS) is 32.9. The Kier molecular flexibility index (Phi) is 3.93. The van der Waals surface area contributed by atoms with Crippen molar-refractivity contribution in [1.29, 1.82) is 0 Å². The summed E-state index contributed by atoms with van der Waals surface area (Å²) in [6.07, 6.45) is 6.65. The van der Waals surface area contributed by atoms with Crippen LogP contribution >= 0.6 is 0 Å². The molecule has 0 saturated heterocycles. The van der Waals surface area contributed by atoms with Crippen LogP contribution < -0.4 is 5.32 Å². The number of aryl methyl sites for hydroxylation is 1. The summed E-state index contributed by atoms with van der Waals surface area (Å²) in [5.74, 6) is 2.58. The lowest BCUT2D eigenvalue weighted by Gasteiger charge is -2.53. The van der Waals surface area contributed by atoms with Crippen LogP contribution in [0.5, 0.6) is 0 Å². The third-order valence-corrected chi connectivity index (χ3v) is 5.34. The van der Waals surface area contributed by atoms with Crippen molar-refractivity contribution in [2.24, 2.45) is 11.8 Å². The topological polar surface area (TPSA) is 12.0 Å². The predicted octanol–water partition coefficient (Wildman–Crippen LogP) is 4.13.